The number of amides is 1. The summed E-state index contributed by atoms with van der Waals surface area (Å²) in [7, 11) is 1.58. The van der Waals surface area contributed by atoms with Crippen LogP contribution in [0.3, 0.4) is 0 Å². The van der Waals surface area contributed by atoms with Gasteiger partial charge in [0.15, 0.2) is 8.32 Å². The van der Waals surface area contributed by atoms with E-state index in [4.69, 9.17) is 9.26 Å². The smallest absolute Gasteiger partial charge is 0.248 e. The van der Waals surface area contributed by atoms with Gasteiger partial charge in [0.05, 0.1) is 7.11 Å². The van der Waals surface area contributed by atoms with Gasteiger partial charge >= 0.3 is 0 Å². The first-order chi connectivity index (χ1) is 9.58. The molecule has 0 heterocycles. The number of nitrogens with zero attached hydrogens (tertiary/aromatic N) is 1. The van der Waals surface area contributed by atoms with Crippen molar-refractivity contribution in [2.45, 2.75) is 64.6 Å². The number of hydrogen-bond acceptors (Lipinski definition) is 3. The molecule has 21 heavy (non-hydrogen) atoms. The minimum Gasteiger partial charge on any atom is -0.417 e. The lowest BCUT2D eigenvalue weighted by Crippen LogP contribution is -2.42. The molecule has 5 heteroatoms. The maximum atomic E-state index is 12.1. The van der Waals surface area contributed by atoms with Crippen LogP contribution in [0.4, 0.5) is 0 Å². The highest BCUT2D eigenvalue weighted by Crippen LogP contribution is 2.38. The third-order valence-electron chi connectivity index (χ3n) is 5.27. The molecule has 1 amide bonds. The van der Waals surface area contributed by atoms with Crippen LogP contribution in [0.15, 0.2) is 0 Å². The maximum Gasteiger partial charge on any atom is 0.248 e. The van der Waals surface area contributed by atoms with E-state index in [-0.39, 0.29) is 16.9 Å². The standard InChI is InChI=1S/C16H33NO3Si/c1-16(2,3)21(6,7)20-12-13-8-10-14(11-9-13)15(18)17(4)19-5/h13-14H,8-12H2,1-7H3. The van der Waals surface area contributed by atoms with E-state index in [0.29, 0.717) is 5.92 Å². The predicted molar refractivity (Wildman–Crippen MR) is 88.4 cm³/mol. The zero-order valence-electron chi connectivity index (χ0n) is 14.9. The highest BCUT2D eigenvalue weighted by Gasteiger charge is 2.38. The number of hydroxylamine groups is 2. The second-order valence-electron chi connectivity index (χ2n) is 7.81. The molecule has 0 aromatic heterocycles. The Morgan fingerprint density at radius 1 is 1.19 bits per heavy atom. The first-order valence-corrected chi connectivity index (χ1v) is 10.9. The fourth-order valence-electron chi connectivity index (χ4n) is 2.47. The lowest BCUT2D eigenvalue weighted by atomic mass is 9.82. The Balaban J connectivity index is 2.39. The lowest BCUT2D eigenvalue weighted by Gasteiger charge is -2.38. The second kappa shape index (κ2) is 7.25. The SMILES string of the molecule is CON(C)C(=O)C1CCC(CO[Si](C)(C)C(C)(C)C)CC1. The number of carbonyl (C=O) groups excluding carboxylic acids is 1. The van der Waals surface area contributed by atoms with Crippen LogP contribution < -0.4 is 0 Å². The molecule has 0 aromatic carbocycles. The van der Waals surface area contributed by atoms with Gasteiger partial charge in [-0.15, -0.1) is 0 Å². The Labute approximate surface area is 131 Å². The summed E-state index contributed by atoms with van der Waals surface area (Å²) < 4.78 is 6.32. The summed E-state index contributed by atoms with van der Waals surface area (Å²) in [5.74, 6) is 0.844. The Bertz CT molecular complexity index is 344. The van der Waals surface area contributed by atoms with Crippen molar-refractivity contribution in [3.05, 3.63) is 0 Å². The summed E-state index contributed by atoms with van der Waals surface area (Å²) >= 11 is 0. The van der Waals surface area contributed by atoms with Crippen molar-refractivity contribution in [3.8, 4) is 0 Å². The summed E-state index contributed by atoms with van der Waals surface area (Å²) in [5.41, 5.74) is 0. The van der Waals surface area contributed by atoms with Gasteiger partial charge in [0, 0.05) is 19.6 Å². The van der Waals surface area contributed by atoms with Gasteiger partial charge in [0.2, 0.25) is 5.91 Å². The molecular formula is C16H33NO3Si. The highest BCUT2D eigenvalue weighted by molar-refractivity contribution is 6.74. The van der Waals surface area contributed by atoms with E-state index in [1.165, 1.54) is 12.2 Å². The van der Waals surface area contributed by atoms with Crippen molar-refractivity contribution in [1.29, 1.82) is 0 Å². The van der Waals surface area contributed by atoms with Gasteiger partial charge in [-0.25, -0.2) is 5.06 Å². The molecule has 1 aliphatic carbocycles. The van der Waals surface area contributed by atoms with Gasteiger partial charge in [-0.2, -0.15) is 0 Å². The zero-order chi connectivity index (χ0) is 16.3. The Hall–Kier alpha value is -0.393. The van der Waals surface area contributed by atoms with Crippen molar-refractivity contribution in [2.24, 2.45) is 11.8 Å². The van der Waals surface area contributed by atoms with Gasteiger partial charge in [0.1, 0.15) is 0 Å². The molecular weight excluding hydrogens is 282 g/mol. The largest absolute Gasteiger partial charge is 0.417 e. The zero-order valence-corrected chi connectivity index (χ0v) is 15.9. The fourth-order valence-corrected chi connectivity index (χ4v) is 3.55. The monoisotopic (exact) mass is 315 g/mol. The van der Waals surface area contributed by atoms with Gasteiger partial charge in [-0.05, 0) is 49.7 Å². The van der Waals surface area contributed by atoms with Crippen LogP contribution >= 0.6 is 0 Å². The van der Waals surface area contributed by atoms with Gasteiger partial charge in [-0.3, -0.25) is 9.63 Å². The molecule has 0 N–H and O–H groups in total. The maximum absolute atomic E-state index is 12.1. The predicted octanol–water partition coefficient (Wildman–Crippen LogP) is 3.83. The highest BCUT2D eigenvalue weighted by atomic mass is 28.4. The van der Waals surface area contributed by atoms with E-state index in [0.717, 1.165) is 32.3 Å². The molecule has 0 radical (unpaired) electrons. The van der Waals surface area contributed by atoms with Crippen LogP contribution in [0.1, 0.15) is 46.5 Å². The Kier molecular flexibility index (Phi) is 6.44. The van der Waals surface area contributed by atoms with Crippen LogP contribution in [0.5, 0.6) is 0 Å². The average Bonchev–Trinajstić information content (AvgIpc) is 2.43. The molecule has 0 atom stereocenters. The fraction of sp³-hybridized carbons (Fsp3) is 0.938. The van der Waals surface area contributed by atoms with E-state index < -0.39 is 8.32 Å². The van der Waals surface area contributed by atoms with E-state index >= 15 is 0 Å². The van der Waals surface area contributed by atoms with Crippen molar-refractivity contribution in [2.75, 3.05) is 20.8 Å². The summed E-state index contributed by atoms with van der Waals surface area (Å²) in [5, 5.41) is 1.62. The van der Waals surface area contributed by atoms with Crippen LogP contribution in [0, 0.1) is 11.8 Å². The van der Waals surface area contributed by atoms with Gasteiger partial charge in [-0.1, -0.05) is 20.8 Å². The van der Waals surface area contributed by atoms with E-state index in [1.54, 1.807) is 7.05 Å². The molecule has 0 aliphatic heterocycles. The molecule has 4 nitrogen and oxygen atoms in total. The second-order valence-corrected chi connectivity index (χ2v) is 12.6. The van der Waals surface area contributed by atoms with Crippen molar-refractivity contribution >= 4 is 14.2 Å². The first kappa shape index (κ1) is 18.7. The molecule has 1 rings (SSSR count). The van der Waals surface area contributed by atoms with Crippen LogP contribution in [0.2, 0.25) is 18.1 Å². The Morgan fingerprint density at radius 2 is 1.71 bits per heavy atom. The Morgan fingerprint density at radius 3 is 2.14 bits per heavy atom. The van der Waals surface area contributed by atoms with Gasteiger partial charge < -0.3 is 4.43 Å². The molecule has 1 fully saturated rings. The third kappa shape index (κ3) is 5.08. The van der Waals surface area contributed by atoms with E-state index in [9.17, 15) is 4.79 Å². The molecule has 1 aliphatic rings. The minimum atomic E-state index is -1.65. The van der Waals surface area contributed by atoms with Crippen molar-refractivity contribution in [3.63, 3.8) is 0 Å². The molecule has 124 valence electrons. The molecule has 1 saturated carbocycles. The summed E-state index contributed by atoms with van der Waals surface area (Å²) in [4.78, 5) is 17.0. The normalized spacial score (nSPS) is 24.0. The number of carbonyl (C=O) groups is 1. The quantitative estimate of drug-likeness (QED) is 0.571. The molecule has 0 aromatic rings. The van der Waals surface area contributed by atoms with Crippen LogP contribution in [-0.2, 0) is 14.1 Å². The minimum absolute atomic E-state index is 0.112. The number of rotatable bonds is 5. The first-order valence-electron chi connectivity index (χ1n) is 8.04. The van der Waals surface area contributed by atoms with Crippen LogP contribution in [-0.4, -0.2) is 40.1 Å². The van der Waals surface area contributed by atoms with E-state index in [2.05, 4.69) is 33.9 Å². The summed E-state index contributed by atoms with van der Waals surface area (Å²) in [6, 6.07) is 0. The average molecular weight is 316 g/mol. The van der Waals surface area contributed by atoms with Crippen LogP contribution in [0.25, 0.3) is 0 Å². The topological polar surface area (TPSA) is 38.8 Å². The lowest BCUT2D eigenvalue weighted by molar-refractivity contribution is -0.174. The van der Waals surface area contributed by atoms with Crippen molar-refractivity contribution in [1.82, 2.24) is 5.06 Å². The molecule has 0 saturated heterocycles. The molecule has 0 unspecified atom stereocenters. The summed E-state index contributed by atoms with van der Waals surface area (Å²) in [6.45, 7) is 12.3. The van der Waals surface area contributed by atoms with E-state index in [1.807, 2.05) is 0 Å². The molecule has 0 spiro atoms. The number of hydrogen-bond donors (Lipinski definition) is 0. The third-order valence-corrected chi connectivity index (χ3v) is 9.77. The summed E-state index contributed by atoms with van der Waals surface area (Å²) in [6.07, 6.45) is 4.08. The van der Waals surface area contributed by atoms with Gasteiger partial charge in [0.25, 0.3) is 0 Å². The van der Waals surface area contributed by atoms with Crippen molar-refractivity contribution < 1.29 is 14.1 Å². The molecule has 0 bridgehead atoms.